The molecular formula is C22H35N6O3S+. The zero-order chi connectivity index (χ0) is 23.0. The van der Waals surface area contributed by atoms with E-state index in [0.29, 0.717) is 29.9 Å². The molecule has 32 heavy (non-hydrogen) atoms. The molecular weight excluding hydrogens is 428 g/mol. The van der Waals surface area contributed by atoms with Crippen molar-refractivity contribution in [2.75, 3.05) is 26.7 Å². The monoisotopic (exact) mass is 463 g/mol. The minimum absolute atomic E-state index is 0.343. The van der Waals surface area contributed by atoms with Gasteiger partial charge < -0.3 is 20.2 Å². The highest BCUT2D eigenvalue weighted by atomic mass is 32.1. The summed E-state index contributed by atoms with van der Waals surface area (Å²) in [7, 11) is 2.09. The number of aromatic amines is 1. The van der Waals surface area contributed by atoms with Crippen molar-refractivity contribution in [2.45, 2.75) is 64.6 Å². The van der Waals surface area contributed by atoms with Gasteiger partial charge in [-0.25, -0.2) is 4.98 Å². The molecule has 3 atom stereocenters. The van der Waals surface area contributed by atoms with E-state index in [0.717, 1.165) is 42.8 Å². The SMILES string of the molecule is CCCCCCOc1nsnc1C1=CCC[N+](C)(C(C)OC(=O)[C@@H](N)Cc2cnc[nH]2)C1. The van der Waals surface area contributed by atoms with E-state index in [1.165, 1.54) is 24.6 Å². The largest absolute Gasteiger partial charge is 0.475 e. The molecule has 2 aromatic heterocycles. The van der Waals surface area contributed by atoms with Crippen LogP contribution in [-0.4, -0.2) is 68.2 Å². The number of nitrogens with one attached hydrogen (secondary N) is 1. The lowest BCUT2D eigenvalue weighted by Gasteiger charge is -2.41. The van der Waals surface area contributed by atoms with E-state index in [4.69, 9.17) is 15.2 Å². The first-order valence-corrected chi connectivity index (χ1v) is 12.1. The Morgan fingerprint density at radius 1 is 1.34 bits per heavy atom. The van der Waals surface area contributed by atoms with Gasteiger partial charge in [0.25, 0.3) is 5.88 Å². The van der Waals surface area contributed by atoms with Crippen molar-refractivity contribution in [3.63, 3.8) is 0 Å². The average Bonchev–Trinajstić information content (AvgIpc) is 3.45. The molecule has 0 radical (unpaired) electrons. The Bertz CT molecular complexity index is 884. The van der Waals surface area contributed by atoms with Gasteiger partial charge in [0.2, 0.25) is 6.23 Å². The van der Waals surface area contributed by atoms with E-state index in [9.17, 15) is 4.79 Å². The molecule has 3 rings (SSSR count). The van der Waals surface area contributed by atoms with Crippen LogP contribution in [0.25, 0.3) is 5.57 Å². The van der Waals surface area contributed by atoms with Crippen LogP contribution in [0.5, 0.6) is 5.88 Å². The topological polar surface area (TPSA) is 116 Å². The van der Waals surface area contributed by atoms with Gasteiger partial charge in [-0.15, -0.1) is 4.37 Å². The maximum Gasteiger partial charge on any atom is 0.327 e. The zero-order valence-electron chi connectivity index (χ0n) is 19.2. The highest BCUT2D eigenvalue weighted by molar-refractivity contribution is 6.99. The summed E-state index contributed by atoms with van der Waals surface area (Å²) in [5.74, 6) is 0.200. The number of aromatic nitrogens is 4. The number of unbranched alkanes of at least 4 members (excludes halogenated alkanes) is 3. The summed E-state index contributed by atoms with van der Waals surface area (Å²) in [6.45, 7) is 6.31. The number of rotatable bonds is 12. The Kier molecular flexibility index (Phi) is 8.77. The van der Waals surface area contributed by atoms with Crippen molar-refractivity contribution < 1.29 is 18.8 Å². The van der Waals surface area contributed by atoms with Gasteiger partial charge in [0.05, 0.1) is 38.3 Å². The van der Waals surface area contributed by atoms with Crippen molar-refractivity contribution in [3.05, 3.63) is 30.0 Å². The fourth-order valence-corrected chi connectivity index (χ4v) is 4.35. The molecule has 0 saturated heterocycles. The summed E-state index contributed by atoms with van der Waals surface area (Å²) in [5, 5.41) is 0. The highest BCUT2D eigenvalue weighted by Crippen LogP contribution is 2.31. The second-order valence-corrected chi connectivity index (χ2v) is 9.16. The average molecular weight is 464 g/mol. The maximum absolute atomic E-state index is 12.6. The summed E-state index contributed by atoms with van der Waals surface area (Å²) in [4.78, 5) is 19.5. The third-order valence-electron chi connectivity index (χ3n) is 6.02. The molecule has 1 aliphatic rings. The first-order valence-electron chi connectivity index (χ1n) is 11.3. The quantitative estimate of drug-likeness (QED) is 0.282. The molecule has 10 heteroatoms. The number of carbonyl (C=O) groups excluding carboxylic acids is 1. The zero-order valence-corrected chi connectivity index (χ0v) is 20.1. The first kappa shape index (κ1) is 24.3. The molecule has 3 heterocycles. The van der Waals surface area contributed by atoms with Crippen LogP contribution in [0.3, 0.4) is 0 Å². The molecule has 2 aromatic rings. The van der Waals surface area contributed by atoms with Gasteiger partial charge in [-0.1, -0.05) is 32.3 Å². The maximum atomic E-state index is 12.6. The third kappa shape index (κ3) is 6.36. The van der Waals surface area contributed by atoms with Gasteiger partial charge in [0.1, 0.15) is 18.3 Å². The fourth-order valence-electron chi connectivity index (χ4n) is 3.82. The van der Waals surface area contributed by atoms with Gasteiger partial charge in [0.15, 0.2) is 0 Å². The molecule has 0 bridgehead atoms. The molecule has 176 valence electrons. The number of hydrogen-bond donors (Lipinski definition) is 2. The Morgan fingerprint density at radius 3 is 2.94 bits per heavy atom. The van der Waals surface area contributed by atoms with Crippen LogP contribution in [0.4, 0.5) is 0 Å². The van der Waals surface area contributed by atoms with Crippen molar-refractivity contribution in [1.29, 1.82) is 0 Å². The molecule has 0 spiro atoms. The number of imidazole rings is 1. The molecule has 0 amide bonds. The number of likely N-dealkylation sites (N-methyl/N-ethyl adjacent to an activating group) is 1. The number of carbonyl (C=O) groups is 1. The Labute approximate surface area is 193 Å². The van der Waals surface area contributed by atoms with Gasteiger partial charge in [-0.3, -0.25) is 9.28 Å². The van der Waals surface area contributed by atoms with E-state index in [1.807, 2.05) is 6.92 Å². The van der Waals surface area contributed by atoms with E-state index < -0.39 is 12.0 Å². The van der Waals surface area contributed by atoms with Crippen LogP contribution in [0.2, 0.25) is 0 Å². The molecule has 9 nitrogen and oxygen atoms in total. The normalized spacial score (nSPS) is 20.4. The lowest BCUT2D eigenvalue weighted by atomic mass is 10.0. The summed E-state index contributed by atoms with van der Waals surface area (Å²) in [6.07, 6.45) is 10.9. The Balaban J connectivity index is 1.57. The molecule has 2 unspecified atom stereocenters. The first-order chi connectivity index (χ1) is 15.4. The molecule has 0 fully saturated rings. The van der Waals surface area contributed by atoms with Crippen LogP contribution in [0.1, 0.15) is 57.3 Å². The van der Waals surface area contributed by atoms with Crippen LogP contribution in [0.15, 0.2) is 18.6 Å². The number of esters is 1. The Morgan fingerprint density at radius 2 is 2.19 bits per heavy atom. The standard InChI is InChI=1S/C22H35N6O3S/c1-4-5-6-7-11-30-21-20(26-32-27-21)17-9-8-10-28(3,14-17)16(2)31-22(29)19(23)12-18-13-24-15-25-18/h9,13,15-16,19H,4-8,10-12,14,23H2,1-3H3,(H,24,25)/q+1/t16?,19-,28?/m0/s1. The lowest BCUT2D eigenvalue weighted by Crippen LogP contribution is -2.56. The number of hydrogen-bond acceptors (Lipinski definition) is 8. The molecule has 3 N–H and O–H groups in total. The molecule has 0 saturated carbocycles. The minimum Gasteiger partial charge on any atom is -0.475 e. The van der Waals surface area contributed by atoms with Gasteiger partial charge in [0, 0.05) is 37.2 Å². The van der Waals surface area contributed by atoms with Crippen LogP contribution in [-0.2, 0) is 16.0 Å². The fraction of sp³-hybridized carbons (Fsp3) is 0.636. The smallest absolute Gasteiger partial charge is 0.327 e. The van der Waals surface area contributed by atoms with E-state index in [1.54, 1.807) is 12.5 Å². The number of nitrogens with zero attached hydrogens (tertiary/aromatic N) is 4. The van der Waals surface area contributed by atoms with Gasteiger partial charge in [-0.05, 0) is 6.42 Å². The molecule has 0 aliphatic carbocycles. The van der Waals surface area contributed by atoms with E-state index in [-0.39, 0.29) is 6.23 Å². The van der Waals surface area contributed by atoms with Crippen LogP contribution in [0, 0.1) is 0 Å². The van der Waals surface area contributed by atoms with Gasteiger partial charge in [-0.2, -0.15) is 4.37 Å². The van der Waals surface area contributed by atoms with Crippen molar-refractivity contribution in [2.24, 2.45) is 5.73 Å². The molecule has 0 aromatic carbocycles. The minimum atomic E-state index is -0.736. The van der Waals surface area contributed by atoms with Crippen LogP contribution >= 0.6 is 11.7 Å². The summed E-state index contributed by atoms with van der Waals surface area (Å²) >= 11 is 1.17. The predicted octanol–water partition coefficient (Wildman–Crippen LogP) is 2.91. The van der Waals surface area contributed by atoms with Crippen LogP contribution < -0.4 is 10.5 Å². The molecule has 1 aliphatic heterocycles. The van der Waals surface area contributed by atoms with E-state index >= 15 is 0 Å². The summed E-state index contributed by atoms with van der Waals surface area (Å²) in [5.41, 5.74) is 8.76. The van der Waals surface area contributed by atoms with Crippen molar-refractivity contribution in [3.8, 4) is 5.88 Å². The third-order valence-corrected chi connectivity index (χ3v) is 6.54. The lowest BCUT2D eigenvalue weighted by molar-refractivity contribution is -0.944. The van der Waals surface area contributed by atoms with E-state index in [2.05, 4.69) is 38.8 Å². The number of quaternary nitrogens is 1. The second kappa shape index (κ2) is 11.5. The van der Waals surface area contributed by atoms with Crippen molar-refractivity contribution in [1.82, 2.24) is 18.7 Å². The highest BCUT2D eigenvalue weighted by Gasteiger charge is 2.37. The number of nitrogens with two attached hydrogens (primary N) is 1. The predicted molar refractivity (Wildman–Crippen MR) is 124 cm³/mol. The second-order valence-electron chi connectivity index (χ2n) is 8.63. The van der Waals surface area contributed by atoms with Crippen molar-refractivity contribution >= 4 is 23.3 Å². The summed E-state index contributed by atoms with van der Waals surface area (Å²) in [6, 6.07) is -0.736. The Hall–Kier alpha value is -2.30. The van der Waals surface area contributed by atoms with Gasteiger partial charge >= 0.3 is 5.97 Å². The number of ether oxygens (including phenoxy) is 2. The number of H-pyrrole nitrogens is 1. The summed E-state index contributed by atoms with van der Waals surface area (Å²) < 4.78 is 21.1.